The number of thiazole rings is 1. The Morgan fingerprint density at radius 3 is 1.89 bits per heavy atom. The zero-order valence-electron chi connectivity index (χ0n) is 30.1. The van der Waals surface area contributed by atoms with Gasteiger partial charge in [-0.2, -0.15) is 0 Å². The van der Waals surface area contributed by atoms with Gasteiger partial charge in [-0.1, -0.05) is 38.9 Å². The fraction of sp³-hybridized carbons (Fsp3) is 0.471. The molecule has 4 unspecified atom stereocenters. The summed E-state index contributed by atoms with van der Waals surface area (Å²) in [4.78, 5) is 85.7. The van der Waals surface area contributed by atoms with Crippen LogP contribution in [0.25, 0.3) is 0 Å². The average Bonchev–Trinajstić information content (AvgIpc) is 3.79. The lowest BCUT2D eigenvalue weighted by Crippen LogP contribution is -2.71. The number of hydrogen-bond acceptors (Lipinski definition) is 14. The van der Waals surface area contributed by atoms with Crippen LogP contribution in [0.3, 0.4) is 0 Å². The smallest absolute Gasteiger partial charge is 0.352 e. The second-order valence-electron chi connectivity index (χ2n) is 13.5. The van der Waals surface area contributed by atoms with E-state index in [2.05, 4.69) is 20.8 Å². The van der Waals surface area contributed by atoms with Gasteiger partial charge in [0.15, 0.2) is 10.8 Å². The summed E-state index contributed by atoms with van der Waals surface area (Å²) in [7, 11) is 1.29. The van der Waals surface area contributed by atoms with Crippen LogP contribution < -0.4 is 16.4 Å². The number of nitrogens with zero attached hydrogens (tertiary/aromatic N) is 4. The number of thiophene rings is 1. The number of carbonyl (C=O) groups excluding carboxylic acids is 4. The lowest BCUT2D eigenvalue weighted by atomic mass is 9.97. The van der Waals surface area contributed by atoms with E-state index in [4.69, 9.17) is 10.6 Å². The fourth-order valence-electron chi connectivity index (χ4n) is 6.36. The molecule has 2 fully saturated rings. The van der Waals surface area contributed by atoms with Crippen molar-refractivity contribution in [3.8, 4) is 0 Å². The number of rotatable bonds is 13. The molecule has 0 bridgehead atoms. The highest BCUT2D eigenvalue weighted by molar-refractivity contribution is 8.00. The summed E-state index contributed by atoms with van der Waals surface area (Å²) in [5.41, 5.74) is 7.38. The highest BCUT2D eigenvalue weighted by atomic mass is 32.2. The van der Waals surface area contributed by atoms with Crippen LogP contribution >= 0.6 is 46.2 Å². The number of nitrogens with one attached hydrogen (secondary N) is 2. The number of β-lactam (4-membered cyclic amide) rings is 2. The fourth-order valence-corrected chi connectivity index (χ4v) is 10.3. The molecule has 0 radical (unpaired) electrons. The number of nitrogen functional groups attached to an aromatic ring is 1. The molecular formula is C34H41N7O9S4. The van der Waals surface area contributed by atoms with Gasteiger partial charge in [-0.05, 0) is 47.3 Å². The van der Waals surface area contributed by atoms with E-state index in [1.807, 2.05) is 45.2 Å². The van der Waals surface area contributed by atoms with Gasteiger partial charge in [0.25, 0.3) is 17.7 Å². The largest absolute Gasteiger partial charge is 0.477 e. The average molecular weight is 820 g/mol. The number of carboxylic acid groups (broad SMARTS) is 2. The number of hydrogen-bond donors (Lipinski definition) is 5. The summed E-state index contributed by atoms with van der Waals surface area (Å²) in [6.07, 6.45) is 1.48. The summed E-state index contributed by atoms with van der Waals surface area (Å²) in [6, 6.07) is 2.24. The number of aromatic nitrogens is 1. The van der Waals surface area contributed by atoms with Gasteiger partial charge in [0.1, 0.15) is 47.0 Å². The number of thioether (sulfide) groups is 2. The molecule has 2 saturated heterocycles. The van der Waals surface area contributed by atoms with Gasteiger partial charge >= 0.3 is 11.9 Å². The van der Waals surface area contributed by atoms with E-state index in [-0.39, 0.29) is 57.5 Å². The number of carboxylic acids is 2. The quantitative estimate of drug-likeness (QED) is 0.111. The van der Waals surface area contributed by atoms with Gasteiger partial charge in [0.05, 0.1) is 6.42 Å². The SMILES string of the molecule is CC(C)CC1=C(C(=O)O)N2C(=O)C(NC(=O)Cc3cccs3)C2SC1.CO/N=C(\C(=O)NC1C(=O)N2C(C(=O)O)=C(CC(C)C)CSC12)c1csc(N)n1. The molecule has 6 rings (SSSR count). The zero-order chi connectivity index (χ0) is 39.4. The van der Waals surface area contributed by atoms with E-state index >= 15 is 0 Å². The molecule has 54 heavy (non-hydrogen) atoms. The molecule has 2 aromatic rings. The zero-order valence-corrected chi connectivity index (χ0v) is 33.3. The van der Waals surface area contributed by atoms with Crippen molar-refractivity contribution in [1.82, 2.24) is 25.4 Å². The maximum atomic E-state index is 12.7. The third kappa shape index (κ3) is 8.76. The molecule has 6 heterocycles. The number of anilines is 1. The van der Waals surface area contributed by atoms with Crippen molar-refractivity contribution in [2.75, 3.05) is 24.3 Å². The van der Waals surface area contributed by atoms with Gasteiger partial charge in [0.2, 0.25) is 5.91 Å². The first kappa shape index (κ1) is 40.8. The highest BCUT2D eigenvalue weighted by Gasteiger charge is 2.55. The first-order valence-electron chi connectivity index (χ1n) is 16.9. The summed E-state index contributed by atoms with van der Waals surface area (Å²) >= 11 is 5.58. The Morgan fingerprint density at radius 2 is 1.46 bits per heavy atom. The van der Waals surface area contributed by atoms with Gasteiger partial charge in [-0.25, -0.2) is 14.6 Å². The normalized spacial score (nSPS) is 22.2. The second-order valence-corrected chi connectivity index (χ2v) is 17.6. The Morgan fingerprint density at radius 1 is 0.926 bits per heavy atom. The van der Waals surface area contributed by atoms with Crippen LogP contribution in [-0.2, 0) is 40.0 Å². The van der Waals surface area contributed by atoms with E-state index in [9.17, 15) is 39.0 Å². The van der Waals surface area contributed by atoms with Crippen molar-refractivity contribution in [3.05, 3.63) is 56.0 Å². The van der Waals surface area contributed by atoms with Gasteiger partial charge in [-0.15, -0.1) is 46.2 Å². The van der Waals surface area contributed by atoms with Crippen molar-refractivity contribution in [2.24, 2.45) is 17.0 Å². The van der Waals surface area contributed by atoms with E-state index in [1.165, 1.54) is 51.8 Å². The van der Waals surface area contributed by atoms with E-state index < -0.39 is 41.2 Å². The molecule has 4 amide bonds. The molecule has 4 aliphatic rings. The van der Waals surface area contributed by atoms with Crippen LogP contribution in [0.2, 0.25) is 0 Å². The molecule has 0 saturated carbocycles. The molecule has 4 aliphatic heterocycles. The van der Waals surface area contributed by atoms with Crippen LogP contribution in [0.4, 0.5) is 5.13 Å². The van der Waals surface area contributed by atoms with Gasteiger partial charge in [0, 0.05) is 21.8 Å². The monoisotopic (exact) mass is 819 g/mol. The Bertz CT molecular complexity index is 1910. The number of amides is 4. The summed E-state index contributed by atoms with van der Waals surface area (Å²) in [5, 5.41) is 31.2. The highest BCUT2D eigenvalue weighted by Crippen LogP contribution is 2.43. The minimum Gasteiger partial charge on any atom is -0.477 e. The third-order valence-corrected chi connectivity index (χ3v) is 12.7. The Labute approximate surface area is 327 Å². The molecule has 20 heteroatoms. The third-order valence-electron chi connectivity index (χ3n) is 8.49. The Kier molecular flexibility index (Phi) is 13.1. The minimum atomic E-state index is -1.14. The molecule has 0 spiro atoms. The van der Waals surface area contributed by atoms with Crippen LogP contribution in [0, 0.1) is 11.8 Å². The standard InChI is InChI=1S/C17H21N5O5S2.C17H20N2O4S2/c1-7(2)4-8-5-28-15-11(14(24)22(15)12(8)16(25)26)20-13(23)10(21-27-3)9-6-29-17(18)19-9;1-9(2)6-10-8-25-16-13(15(21)19(16)14(10)17(22)23)18-12(20)7-11-4-3-5-24-11/h6-7,11,15H,4-5H2,1-3H3,(H2,18,19)(H,20,23)(H,25,26);3-5,9,13,16H,6-8H2,1-2H3,(H,18,20)(H,22,23)/b21-10-;. The van der Waals surface area contributed by atoms with E-state index in [0.29, 0.717) is 30.3 Å². The molecule has 16 nitrogen and oxygen atoms in total. The maximum absolute atomic E-state index is 12.7. The predicted octanol–water partition coefficient (Wildman–Crippen LogP) is 2.94. The second kappa shape index (κ2) is 17.4. The maximum Gasteiger partial charge on any atom is 0.352 e. The van der Waals surface area contributed by atoms with Gasteiger partial charge in [-0.3, -0.25) is 29.0 Å². The summed E-state index contributed by atoms with van der Waals surface area (Å²) in [6.45, 7) is 8.03. The van der Waals surface area contributed by atoms with Crippen molar-refractivity contribution in [1.29, 1.82) is 0 Å². The first-order chi connectivity index (χ1) is 25.6. The molecule has 290 valence electrons. The number of nitrogens with two attached hydrogens (primary N) is 1. The minimum absolute atomic E-state index is 0.0241. The van der Waals surface area contributed by atoms with E-state index in [0.717, 1.165) is 27.4 Å². The van der Waals surface area contributed by atoms with E-state index in [1.54, 1.807) is 5.38 Å². The van der Waals surface area contributed by atoms with Crippen molar-refractivity contribution in [3.63, 3.8) is 0 Å². The molecule has 0 aromatic carbocycles. The van der Waals surface area contributed by atoms with Crippen molar-refractivity contribution >= 4 is 92.6 Å². The molecule has 4 atom stereocenters. The molecular weight excluding hydrogens is 779 g/mol. The lowest BCUT2D eigenvalue weighted by molar-refractivity contribution is -0.150. The molecule has 6 N–H and O–H groups in total. The Hall–Kier alpha value is -4.40. The van der Waals surface area contributed by atoms with Crippen LogP contribution in [0.15, 0.2) is 50.6 Å². The number of fused-ring (bicyclic) bond motifs is 2. The lowest BCUT2D eigenvalue weighted by Gasteiger charge is -2.49. The van der Waals surface area contributed by atoms with Crippen LogP contribution in [0.5, 0.6) is 0 Å². The van der Waals surface area contributed by atoms with Crippen LogP contribution in [0.1, 0.15) is 51.1 Å². The first-order valence-corrected chi connectivity index (χ1v) is 20.7. The number of oxime groups is 1. The predicted molar refractivity (Wildman–Crippen MR) is 206 cm³/mol. The van der Waals surface area contributed by atoms with Gasteiger partial charge < -0.3 is 31.4 Å². The molecule has 2 aromatic heterocycles. The topological polar surface area (TPSA) is 234 Å². The van der Waals surface area contributed by atoms with Crippen LogP contribution in [-0.4, -0.2) is 108 Å². The van der Waals surface area contributed by atoms with Crippen molar-refractivity contribution in [2.45, 2.75) is 69.8 Å². The summed E-state index contributed by atoms with van der Waals surface area (Å²) in [5.74, 6) is -2.23. The Balaban J connectivity index is 0.000000210. The number of carbonyl (C=O) groups is 6. The summed E-state index contributed by atoms with van der Waals surface area (Å²) < 4.78 is 0. The van der Waals surface area contributed by atoms with Crippen molar-refractivity contribution < 1.29 is 43.8 Å². The number of aliphatic carboxylic acids is 2. The molecule has 0 aliphatic carbocycles.